The average Bonchev–Trinajstić information content (AvgIpc) is 2.11. The van der Waals surface area contributed by atoms with Gasteiger partial charge in [0.1, 0.15) is 0 Å². The summed E-state index contributed by atoms with van der Waals surface area (Å²) in [7, 11) is 0. The van der Waals surface area contributed by atoms with Crippen molar-refractivity contribution in [1.29, 1.82) is 0 Å². The van der Waals surface area contributed by atoms with Gasteiger partial charge in [-0.15, -0.1) is 0 Å². The van der Waals surface area contributed by atoms with Crippen LogP contribution < -0.4 is 0 Å². The van der Waals surface area contributed by atoms with Crippen LogP contribution in [0.15, 0.2) is 60.8 Å². The van der Waals surface area contributed by atoms with Crippen LogP contribution in [-0.2, 0) is 0 Å². The van der Waals surface area contributed by atoms with Crippen molar-refractivity contribution in [1.82, 2.24) is 0 Å². The molecule has 0 rings (SSSR count). The quantitative estimate of drug-likeness (QED) is 0.548. The van der Waals surface area contributed by atoms with Crippen molar-refractivity contribution in [3.63, 3.8) is 0 Å². The van der Waals surface area contributed by atoms with Gasteiger partial charge in [-0.1, -0.05) is 56.5 Å². The van der Waals surface area contributed by atoms with Crippen LogP contribution >= 0.6 is 0 Å². The van der Waals surface area contributed by atoms with E-state index >= 15 is 0 Å². The normalized spacial score (nSPS) is 9.69. The zero-order valence-corrected chi connectivity index (χ0v) is 8.64. The van der Waals surface area contributed by atoms with E-state index in [-0.39, 0.29) is 0 Å². The molecule has 0 heterocycles. The largest absolute Gasteiger partial charge is 0.0984 e. The molecule has 0 fully saturated rings. The summed E-state index contributed by atoms with van der Waals surface area (Å²) in [5, 5.41) is 0. The number of hydrogen-bond donors (Lipinski definition) is 0. The molecule has 0 aliphatic heterocycles. The van der Waals surface area contributed by atoms with E-state index in [1.807, 2.05) is 6.92 Å². The second-order valence-corrected chi connectivity index (χ2v) is 2.87. The van der Waals surface area contributed by atoms with Gasteiger partial charge in [0.05, 0.1) is 0 Å². The summed E-state index contributed by atoms with van der Waals surface area (Å²) in [6, 6.07) is 0. The molecule has 0 saturated carbocycles. The van der Waals surface area contributed by atoms with Gasteiger partial charge in [0.2, 0.25) is 0 Å². The fourth-order valence-corrected chi connectivity index (χ4v) is 1.02. The van der Waals surface area contributed by atoms with E-state index in [4.69, 9.17) is 0 Å². The van der Waals surface area contributed by atoms with Crippen LogP contribution in [0.5, 0.6) is 0 Å². The highest BCUT2D eigenvalue weighted by molar-refractivity contribution is 5.48. The Morgan fingerprint density at radius 2 is 1.77 bits per heavy atom. The highest BCUT2D eigenvalue weighted by atomic mass is 14.0. The fourth-order valence-electron chi connectivity index (χ4n) is 1.02. The Hall–Kier alpha value is -1.30. The molecule has 0 radical (unpaired) electrons. The highest BCUT2D eigenvalue weighted by Gasteiger charge is 1.97. The van der Waals surface area contributed by atoms with Gasteiger partial charge in [-0.2, -0.15) is 0 Å². The predicted octanol–water partition coefficient (Wildman–Crippen LogP) is 4.20. The Morgan fingerprint density at radius 3 is 2.08 bits per heavy atom. The first-order valence-electron chi connectivity index (χ1n) is 4.48. The molecule has 0 atom stereocenters. The molecule has 70 valence electrons. The fraction of sp³-hybridized carbons (Fsp3) is 0.231. The lowest BCUT2D eigenvalue weighted by atomic mass is 10.0. The van der Waals surface area contributed by atoms with E-state index in [2.05, 4.69) is 38.8 Å². The summed E-state index contributed by atoms with van der Waals surface area (Å²) < 4.78 is 0. The predicted molar refractivity (Wildman–Crippen MR) is 61.7 cm³/mol. The molecule has 0 aromatic carbocycles. The van der Waals surface area contributed by atoms with E-state index in [0.29, 0.717) is 0 Å². The van der Waals surface area contributed by atoms with Crippen LogP contribution in [0.25, 0.3) is 0 Å². The van der Waals surface area contributed by atoms with Gasteiger partial charge >= 0.3 is 0 Å². The Morgan fingerprint density at radius 1 is 1.23 bits per heavy atom. The Labute approximate surface area is 81.7 Å². The van der Waals surface area contributed by atoms with Crippen LogP contribution in [0.2, 0.25) is 0 Å². The molecule has 13 heavy (non-hydrogen) atoms. The molecule has 0 aromatic heterocycles. The molecule has 0 aromatic rings. The van der Waals surface area contributed by atoms with Crippen molar-refractivity contribution < 1.29 is 0 Å². The maximum Gasteiger partial charge on any atom is -0.0164 e. The maximum atomic E-state index is 3.92. The zero-order valence-electron chi connectivity index (χ0n) is 8.64. The van der Waals surface area contributed by atoms with Gasteiger partial charge in [-0.3, -0.25) is 0 Å². The Bertz CT molecular complexity index is 252. The molecule has 0 bridgehead atoms. The molecular formula is C13H18. The van der Waals surface area contributed by atoms with Crippen molar-refractivity contribution in [3.8, 4) is 0 Å². The van der Waals surface area contributed by atoms with Gasteiger partial charge in [0.25, 0.3) is 0 Å². The third-order valence-corrected chi connectivity index (χ3v) is 1.73. The Balaban J connectivity index is 5.08. The van der Waals surface area contributed by atoms with Crippen molar-refractivity contribution in [2.24, 2.45) is 0 Å². The van der Waals surface area contributed by atoms with E-state index in [1.165, 1.54) is 0 Å². The maximum absolute atomic E-state index is 3.92. The molecule has 0 saturated heterocycles. The summed E-state index contributed by atoms with van der Waals surface area (Å²) in [5.74, 6) is 0. The van der Waals surface area contributed by atoms with Gasteiger partial charge in [-0.25, -0.2) is 0 Å². The summed E-state index contributed by atoms with van der Waals surface area (Å²) >= 11 is 0. The summed E-state index contributed by atoms with van der Waals surface area (Å²) in [6.07, 6.45) is 8.81. The second-order valence-electron chi connectivity index (χ2n) is 2.87. The molecule has 0 N–H and O–H groups in total. The summed E-state index contributed by atoms with van der Waals surface area (Å²) in [6.45, 7) is 15.5. The first-order valence-corrected chi connectivity index (χ1v) is 4.48. The number of rotatable bonds is 5. The van der Waals surface area contributed by atoms with Crippen LogP contribution in [-0.4, -0.2) is 0 Å². The zero-order chi connectivity index (χ0) is 10.3. The highest BCUT2D eigenvalue weighted by Crippen LogP contribution is 2.16. The topological polar surface area (TPSA) is 0 Å². The molecule has 0 unspecified atom stereocenters. The minimum Gasteiger partial charge on any atom is -0.0984 e. The minimum atomic E-state index is 1.03. The van der Waals surface area contributed by atoms with Gasteiger partial charge in [0.15, 0.2) is 0 Å². The summed E-state index contributed by atoms with van der Waals surface area (Å²) in [4.78, 5) is 0. The van der Waals surface area contributed by atoms with Gasteiger partial charge in [0, 0.05) is 0 Å². The minimum absolute atomic E-state index is 1.03. The third kappa shape index (κ3) is 3.75. The SMILES string of the molecule is C=CC(C=C)=C(/C=C\CC)C(=C)C. The van der Waals surface area contributed by atoms with E-state index < -0.39 is 0 Å². The molecule has 0 nitrogen and oxygen atoms in total. The lowest BCUT2D eigenvalue weighted by molar-refractivity contribution is 1.21. The second kappa shape index (κ2) is 6.24. The molecule has 0 heteroatoms. The standard InChI is InChI=1S/C13H18/c1-6-9-10-13(11(4)5)12(7-2)8-3/h7-10H,2-4,6H2,1,5H3/b10-9-. The summed E-state index contributed by atoms with van der Waals surface area (Å²) in [5.41, 5.74) is 3.20. The van der Waals surface area contributed by atoms with Crippen molar-refractivity contribution >= 4 is 0 Å². The van der Waals surface area contributed by atoms with Gasteiger partial charge in [-0.05, 0) is 24.5 Å². The smallest absolute Gasteiger partial charge is 0.0164 e. The molecule has 0 amide bonds. The van der Waals surface area contributed by atoms with Gasteiger partial charge < -0.3 is 0 Å². The van der Waals surface area contributed by atoms with Crippen LogP contribution in [0.4, 0.5) is 0 Å². The molecule has 0 spiro atoms. The van der Waals surface area contributed by atoms with Crippen molar-refractivity contribution in [2.45, 2.75) is 20.3 Å². The van der Waals surface area contributed by atoms with E-state index in [1.54, 1.807) is 12.2 Å². The number of allylic oxidation sites excluding steroid dienone is 7. The van der Waals surface area contributed by atoms with Crippen LogP contribution in [0.3, 0.4) is 0 Å². The van der Waals surface area contributed by atoms with Crippen LogP contribution in [0.1, 0.15) is 20.3 Å². The monoisotopic (exact) mass is 174 g/mol. The lowest BCUT2D eigenvalue weighted by Gasteiger charge is -2.04. The molecule has 0 aliphatic carbocycles. The lowest BCUT2D eigenvalue weighted by Crippen LogP contribution is -1.84. The first kappa shape index (κ1) is 11.7. The third-order valence-electron chi connectivity index (χ3n) is 1.73. The average molecular weight is 174 g/mol. The molecule has 0 aliphatic rings. The number of hydrogen-bond acceptors (Lipinski definition) is 0. The van der Waals surface area contributed by atoms with Crippen LogP contribution in [0, 0.1) is 0 Å². The Kier molecular flexibility index (Phi) is 5.62. The van der Waals surface area contributed by atoms with E-state index in [9.17, 15) is 0 Å². The van der Waals surface area contributed by atoms with E-state index in [0.717, 1.165) is 23.1 Å². The first-order chi connectivity index (χ1) is 6.17. The van der Waals surface area contributed by atoms with Crippen molar-refractivity contribution in [3.05, 3.63) is 60.8 Å². The molecular weight excluding hydrogens is 156 g/mol. The van der Waals surface area contributed by atoms with Crippen molar-refractivity contribution in [2.75, 3.05) is 0 Å².